The van der Waals surface area contributed by atoms with E-state index >= 15 is 0 Å². The minimum atomic E-state index is -0.690. The van der Waals surface area contributed by atoms with E-state index in [1.54, 1.807) is 39.5 Å². The molecule has 0 aromatic heterocycles. The Kier molecular flexibility index (Phi) is 6.60. The lowest BCUT2D eigenvalue weighted by atomic mass is 9.88. The Morgan fingerprint density at radius 2 is 2.00 bits per heavy atom. The third-order valence-electron chi connectivity index (χ3n) is 3.83. The molecule has 2 rings (SSSR count). The van der Waals surface area contributed by atoms with Crippen LogP contribution in [0.1, 0.15) is 11.6 Å². The zero-order chi connectivity index (χ0) is 18.4. The van der Waals surface area contributed by atoms with Crippen LogP contribution in [0.4, 0.5) is 0 Å². The summed E-state index contributed by atoms with van der Waals surface area (Å²) in [6.07, 6.45) is 0. The molecule has 2 atom stereocenters. The zero-order valence-electron chi connectivity index (χ0n) is 14.5. The lowest BCUT2D eigenvalue weighted by Gasteiger charge is -2.35. The Morgan fingerprint density at radius 3 is 2.64 bits per heavy atom. The summed E-state index contributed by atoms with van der Waals surface area (Å²) in [7, 11) is 4.67. The molecule has 1 aliphatic heterocycles. The van der Waals surface area contributed by atoms with Crippen LogP contribution < -0.4 is 20.1 Å². The lowest BCUT2D eigenvalue weighted by Crippen LogP contribution is -2.51. The highest BCUT2D eigenvalue weighted by molar-refractivity contribution is 7.80. The molecule has 0 saturated carbocycles. The van der Waals surface area contributed by atoms with Gasteiger partial charge in [0.1, 0.15) is 24.0 Å². The molecule has 0 unspecified atom stereocenters. The molecule has 0 bridgehead atoms. The average Bonchev–Trinajstić information content (AvgIpc) is 2.60. The molecule has 2 N–H and O–H groups in total. The maximum absolute atomic E-state index is 12.6. The van der Waals surface area contributed by atoms with Crippen LogP contribution in [0.2, 0.25) is 0 Å². The number of esters is 1. The van der Waals surface area contributed by atoms with E-state index in [2.05, 4.69) is 17.2 Å². The van der Waals surface area contributed by atoms with E-state index in [0.717, 1.165) is 5.56 Å². The van der Waals surface area contributed by atoms with E-state index in [9.17, 15) is 4.79 Å². The first-order valence-corrected chi connectivity index (χ1v) is 8.06. The van der Waals surface area contributed by atoms with E-state index < -0.39 is 17.9 Å². The van der Waals surface area contributed by atoms with Gasteiger partial charge in [-0.3, -0.25) is 4.79 Å². The van der Waals surface area contributed by atoms with Gasteiger partial charge in [-0.1, -0.05) is 6.58 Å². The second kappa shape index (κ2) is 8.68. The van der Waals surface area contributed by atoms with Crippen LogP contribution in [-0.2, 0) is 14.3 Å². The highest BCUT2D eigenvalue weighted by Gasteiger charge is 2.39. The molecule has 1 saturated heterocycles. The molecule has 1 aromatic rings. The van der Waals surface area contributed by atoms with Crippen LogP contribution in [0.15, 0.2) is 30.5 Å². The Hall–Kier alpha value is -2.32. The highest BCUT2D eigenvalue weighted by atomic mass is 32.1. The zero-order valence-corrected chi connectivity index (χ0v) is 15.3. The first-order valence-electron chi connectivity index (χ1n) is 7.65. The summed E-state index contributed by atoms with van der Waals surface area (Å²) >= 11 is 5.22. The number of thiocarbonyl (C=S) groups is 1. The highest BCUT2D eigenvalue weighted by Crippen LogP contribution is 2.37. The largest absolute Gasteiger partial charge is 0.497 e. The summed E-state index contributed by atoms with van der Waals surface area (Å²) in [6, 6.07) is 4.86. The van der Waals surface area contributed by atoms with Gasteiger partial charge in [-0.25, -0.2) is 0 Å². The Morgan fingerprint density at radius 1 is 1.24 bits per heavy atom. The molecular formula is C17H22N2O5S. The molecule has 7 nitrogen and oxygen atoms in total. The third kappa shape index (κ3) is 4.40. The van der Waals surface area contributed by atoms with Crippen molar-refractivity contribution in [3.8, 4) is 11.5 Å². The van der Waals surface area contributed by atoms with E-state index in [1.807, 2.05) is 0 Å². The van der Waals surface area contributed by atoms with Crippen LogP contribution in [0.3, 0.4) is 0 Å². The van der Waals surface area contributed by atoms with E-state index in [-0.39, 0.29) is 6.61 Å². The SMILES string of the molecule is C=C1NC(=S)N[C@@H](c2cc(OC)ccc2OC)[C@@H]1C(=O)OCCOC. The van der Waals surface area contributed by atoms with E-state index in [1.165, 1.54) is 0 Å². The van der Waals surface area contributed by atoms with Crippen molar-refractivity contribution >= 4 is 23.3 Å². The molecule has 1 aromatic carbocycles. The fraction of sp³-hybridized carbons (Fsp3) is 0.412. The number of hydrogen-bond donors (Lipinski definition) is 2. The van der Waals surface area contributed by atoms with Gasteiger partial charge in [0.15, 0.2) is 5.11 Å². The van der Waals surface area contributed by atoms with Crippen molar-refractivity contribution in [1.82, 2.24) is 10.6 Å². The number of nitrogens with one attached hydrogen (secondary N) is 2. The number of methoxy groups -OCH3 is 3. The van der Waals surface area contributed by atoms with Crippen LogP contribution in [0, 0.1) is 5.92 Å². The minimum absolute atomic E-state index is 0.158. The van der Waals surface area contributed by atoms with Gasteiger partial charge in [0.25, 0.3) is 0 Å². The predicted octanol–water partition coefficient (Wildman–Crippen LogP) is 1.54. The second-order valence-corrected chi connectivity index (χ2v) is 5.76. The Bertz CT molecular complexity index is 664. The summed E-state index contributed by atoms with van der Waals surface area (Å²) in [5.41, 5.74) is 1.18. The molecule has 25 heavy (non-hydrogen) atoms. The first kappa shape index (κ1) is 19.0. The van der Waals surface area contributed by atoms with Crippen molar-refractivity contribution < 1.29 is 23.7 Å². The first-order chi connectivity index (χ1) is 12.0. The molecule has 8 heteroatoms. The molecule has 0 aliphatic carbocycles. The van der Waals surface area contributed by atoms with Gasteiger partial charge in [0, 0.05) is 18.4 Å². The fourth-order valence-electron chi connectivity index (χ4n) is 2.62. The summed E-state index contributed by atoms with van der Waals surface area (Å²) in [5, 5.41) is 6.37. The third-order valence-corrected chi connectivity index (χ3v) is 4.05. The summed E-state index contributed by atoms with van der Waals surface area (Å²) in [4.78, 5) is 12.6. The molecule has 136 valence electrons. The van der Waals surface area contributed by atoms with Gasteiger partial charge in [0.05, 0.1) is 26.9 Å². The van der Waals surface area contributed by atoms with Gasteiger partial charge in [-0.15, -0.1) is 0 Å². The summed E-state index contributed by atoms with van der Waals surface area (Å²) in [6.45, 7) is 4.40. The van der Waals surface area contributed by atoms with Gasteiger partial charge in [-0.05, 0) is 30.4 Å². The Balaban J connectivity index is 2.38. The number of ether oxygens (including phenoxy) is 4. The second-order valence-electron chi connectivity index (χ2n) is 5.35. The van der Waals surface area contributed by atoms with Gasteiger partial charge in [0.2, 0.25) is 0 Å². The molecule has 1 fully saturated rings. The van der Waals surface area contributed by atoms with Crippen molar-refractivity contribution in [2.75, 3.05) is 34.5 Å². The van der Waals surface area contributed by atoms with Crippen LogP contribution >= 0.6 is 12.2 Å². The Labute approximate surface area is 152 Å². The topological polar surface area (TPSA) is 78.0 Å². The maximum Gasteiger partial charge on any atom is 0.317 e. The normalized spacial score (nSPS) is 19.6. The number of rotatable bonds is 7. The quantitative estimate of drug-likeness (QED) is 0.428. The predicted molar refractivity (Wildman–Crippen MR) is 96.6 cm³/mol. The fourth-order valence-corrected chi connectivity index (χ4v) is 2.88. The molecule has 1 heterocycles. The van der Waals surface area contributed by atoms with Crippen molar-refractivity contribution in [2.45, 2.75) is 6.04 Å². The number of benzene rings is 1. The number of hydrogen-bond acceptors (Lipinski definition) is 6. The smallest absolute Gasteiger partial charge is 0.317 e. The molecule has 0 radical (unpaired) electrons. The van der Waals surface area contributed by atoms with Crippen LogP contribution in [-0.4, -0.2) is 45.6 Å². The molecule has 0 spiro atoms. The molecule has 0 amide bonds. The average molecular weight is 366 g/mol. The van der Waals surface area contributed by atoms with Gasteiger partial charge >= 0.3 is 5.97 Å². The molecular weight excluding hydrogens is 344 g/mol. The van der Waals surface area contributed by atoms with Crippen LogP contribution in [0.25, 0.3) is 0 Å². The van der Waals surface area contributed by atoms with Crippen LogP contribution in [0.5, 0.6) is 11.5 Å². The lowest BCUT2D eigenvalue weighted by molar-refractivity contribution is -0.149. The summed E-state index contributed by atoms with van der Waals surface area (Å²) < 4.78 is 20.9. The van der Waals surface area contributed by atoms with E-state index in [4.69, 9.17) is 31.2 Å². The van der Waals surface area contributed by atoms with Crippen molar-refractivity contribution in [1.29, 1.82) is 0 Å². The maximum atomic E-state index is 12.6. The summed E-state index contributed by atoms with van der Waals surface area (Å²) in [5.74, 6) is 0.119. The van der Waals surface area contributed by atoms with E-state index in [0.29, 0.717) is 28.9 Å². The van der Waals surface area contributed by atoms with Crippen molar-refractivity contribution in [2.24, 2.45) is 5.92 Å². The van der Waals surface area contributed by atoms with Gasteiger partial charge < -0.3 is 29.6 Å². The number of carbonyl (C=O) groups is 1. The standard InChI is InChI=1S/C17H22N2O5S/c1-10-14(16(20)24-8-7-21-2)15(19-17(25)18-10)12-9-11(22-3)5-6-13(12)23-4/h5-6,9,14-15H,1,7-8H2,2-4H3,(H2,18,19,25)/t14-,15+/m1/s1. The van der Waals surface area contributed by atoms with Crippen molar-refractivity contribution in [3.63, 3.8) is 0 Å². The van der Waals surface area contributed by atoms with Gasteiger partial charge in [-0.2, -0.15) is 0 Å². The minimum Gasteiger partial charge on any atom is -0.497 e. The number of carbonyl (C=O) groups excluding carboxylic acids is 1. The van der Waals surface area contributed by atoms with Crippen molar-refractivity contribution in [3.05, 3.63) is 36.0 Å². The molecule has 1 aliphatic rings. The monoisotopic (exact) mass is 366 g/mol.